The van der Waals surface area contributed by atoms with Crippen molar-refractivity contribution in [3.8, 4) is 0 Å². The van der Waals surface area contributed by atoms with Crippen molar-refractivity contribution < 1.29 is 26.4 Å². The lowest BCUT2D eigenvalue weighted by molar-refractivity contribution is 0.0729. The number of hydrogen-bond donors (Lipinski definition) is 2. The number of sulfonamides is 2. The fourth-order valence-electron chi connectivity index (χ4n) is 3.59. The van der Waals surface area contributed by atoms with E-state index in [-0.39, 0.29) is 26.4 Å². The smallest absolute Gasteiger partial charge is 0.261 e. The first-order chi connectivity index (χ1) is 17.5. The van der Waals surface area contributed by atoms with Gasteiger partial charge in [0, 0.05) is 24.3 Å². The quantitative estimate of drug-likeness (QED) is 0.409. The van der Waals surface area contributed by atoms with Crippen LogP contribution in [0.5, 0.6) is 0 Å². The molecule has 3 aromatic rings. The number of hydrogen-bond acceptors (Lipinski definition) is 6. The van der Waals surface area contributed by atoms with Crippen LogP contribution in [0.1, 0.15) is 15.9 Å². The Balaban J connectivity index is 1.38. The second-order valence-electron chi connectivity index (χ2n) is 8.15. The van der Waals surface area contributed by atoms with Crippen LogP contribution < -0.4 is 10.0 Å². The number of anilines is 2. The minimum Gasteiger partial charge on any atom is -0.379 e. The second-order valence-corrected chi connectivity index (χ2v) is 12.6. The summed E-state index contributed by atoms with van der Waals surface area (Å²) >= 11 is 12.0. The molecular weight excluding hydrogens is 561 g/mol. The summed E-state index contributed by atoms with van der Waals surface area (Å²) in [6, 6.07) is 16.5. The molecule has 3 aromatic carbocycles. The molecule has 1 aliphatic heterocycles. The molecule has 0 spiro atoms. The summed E-state index contributed by atoms with van der Waals surface area (Å²) in [6.45, 7) is 1.40. The van der Waals surface area contributed by atoms with Gasteiger partial charge in [-0.3, -0.25) is 9.52 Å². The number of ether oxygens (including phenoxy) is 1. The average Bonchev–Trinajstić information content (AvgIpc) is 2.88. The van der Waals surface area contributed by atoms with Crippen molar-refractivity contribution in [2.75, 3.05) is 36.3 Å². The molecule has 1 heterocycles. The molecule has 0 saturated carbocycles. The number of rotatable bonds is 8. The van der Waals surface area contributed by atoms with Gasteiger partial charge in [0.25, 0.3) is 15.9 Å². The van der Waals surface area contributed by atoms with E-state index in [0.717, 1.165) is 0 Å². The molecule has 4 rings (SSSR count). The van der Waals surface area contributed by atoms with Gasteiger partial charge in [-0.1, -0.05) is 41.4 Å². The number of carbonyl (C=O) groups is 1. The van der Waals surface area contributed by atoms with Crippen LogP contribution in [0.25, 0.3) is 0 Å². The molecule has 2 N–H and O–H groups in total. The molecule has 9 nitrogen and oxygen atoms in total. The lowest BCUT2D eigenvalue weighted by Crippen LogP contribution is -2.41. The van der Waals surface area contributed by atoms with Gasteiger partial charge in [0.1, 0.15) is 0 Å². The maximum absolute atomic E-state index is 12.7. The molecule has 1 amide bonds. The van der Waals surface area contributed by atoms with Gasteiger partial charge >= 0.3 is 0 Å². The van der Waals surface area contributed by atoms with E-state index >= 15 is 0 Å². The average molecular weight is 585 g/mol. The second kappa shape index (κ2) is 11.4. The molecule has 37 heavy (non-hydrogen) atoms. The van der Waals surface area contributed by atoms with Crippen LogP contribution in [0, 0.1) is 0 Å². The third kappa shape index (κ3) is 6.81. The summed E-state index contributed by atoms with van der Waals surface area (Å²) in [4.78, 5) is 12.6. The van der Waals surface area contributed by atoms with Gasteiger partial charge in [0.15, 0.2) is 0 Å². The van der Waals surface area contributed by atoms with Crippen molar-refractivity contribution in [1.82, 2.24) is 4.31 Å². The predicted molar refractivity (Wildman–Crippen MR) is 143 cm³/mol. The Kier molecular flexibility index (Phi) is 8.42. The zero-order chi connectivity index (χ0) is 26.6. The van der Waals surface area contributed by atoms with Gasteiger partial charge in [-0.25, -0.2) is 16.8 Å². The Bertz CT molecular complexity index is 1490. The van der Waals surface area contributed by atoms with E-state index in [0.29, 0.717) is 43.1 Å². The molecule has 13 heteroatoms. The Morgan fingerprint density at radius 3 is 2.19 bits per heavy atom. The van der Waals surface area contributed by atoms with E-state index in [1.165, 1.54) is 46.8 Å². The van der Waals surface area contributed by atoms with E-state index < -0.39 is 26.0 Å². The Hall–Kier alpha value is -2.67. The molecule has 1 fully saturated rings. The summed E-state index contributed by atoms with van der Waals surface area (Å²) in [5.74, 6) is -0.596. The SMILES string of the molecule is O=C(Nc1ccc(S(=O)(=O)Nc2cccc(Cl)c2Cl)cc1)c1ccc(CS(=O)(=O)N2CCOCC2)cc1. The molecule has 0 radical (unpaired) electrons. The minimum absolute atomic E-state index is 0.0348. The number of benzene rings is 3. The molecule has 0 bridgehead atoms. The maximum Gasteiger partial charge on any atom is 0.261 e. The van der Waals surface area contributed by atoms with E-state index in [1.807, 2.05) is 0 Å². The Morgan fingerprint density at radius 2 is 1.54 bits per heavy atom. The van der Waals surface area contributed by atoms with Gasteiger partial charge in [0.2, 0.25) is 10.0 Å². The largest absolute Gasteiger partial charge is 0.379 e. The van der Waals surface area contributed by atoms with E-state index in [9.17, 15) is 21.6 Å². The lowest BCUT2D eigenvalue weighted by atomic mass is 10.1. The maximum atomic E-state index is 12.7. The molecule has 0 atom stereocenters. The third-order valence-corrected chi connectivity index (χ3v) is 9.60. The highest BCUT2D eigenvalue weighted by molar-refractivity contribution is 7.92. The van der Waals surface area contributed by atoms with Gasteiger partial charge in [-0.15, -0.1) is 0 Å². The van der Waals surface area contributed by atoms with Crippen LogP contribution in [0.4, 0.5) is 11.4 Å². The lowest BCUT2D eigenvalue weighted by Gasteiger charge is -2.26. The van der Waals surface area contributed by atoms with Gasteiger partial charge in [-0.2, -0.15) is 4.31 Å². The highest BCUT2D eigenvalue weighted by Crippen LogP contribution is 2.31. The first-order valence-corrected chi connectivity index (χ1v) is 14.9. The number of morpholine rings is 1. The van der Waals surface area contributed by atoms with Gasteiger partial charge < -0.3 is 10.1 Å². The summed E-state index contributed by atoms with van der Waals surface area (Å²) in [7, 11) is -7.42. The number of carbonyl (C=O) groups excluding carboxylic acids is 1. The van der Waals surface area contributed by atoms with Crippen molar-refractivity contribution in [2.24, 2.45) is 0 Å². The molecule has 196 valence electrons. The first-order valence-electron chi connectivity index (χ1n) is 11.1. The third-order valence-electron chi connectivity index (χ3n) is 5.55. The Labute approximate surface area is 225 Å². The fourth-order valence-corrected chi connectivity index (χ4v) is 6.56. The number of halogens is 2. The molecule has 0 aromatic heterocycles. The van der Waals surface area contributed by atoms with E-state index in [1.54, 1.807) is 24.3 Å². The highest BCUT2D eigenvalue weighted by atomic mass is 35.5. The van der Waals surface area contributed by atoms with Crippen molar-refractivity contribution in [3.05, 3.63) is 87.9 Å². The van der Waals surface area contributed by atoms with Crippen molar-refractivity contribution in [2.45, 2.75) is 10.6 Å². The number of amides is 1. The first kappa shape index (κ1) is 27.4. The normalized spacial score (nSPS) is 14.8. The minimum atomic E-state index is -3.94. The summed E-state index contributed by atoms with van der Waals surface area (Å²) < 4.78 is 59.5. The van der Waals surface area contributed by atoms with Crippen LogP contribution >= 0.6 is 23.2 Å². The zero-order valence-electron chi connectivity index (χ0n) is 19.4. The summed E-state index contributed by atoms with van der Waals surface area (Å²) in [5, 5.41) is 2.99. The highest BCUT2D eigenvalue weighted by Gasteiger charge is 2.24. The predicted octanol–water partition coefficient (Wildman–Crippen LogP) is 4.21. The molecular formula is C24H23Cl2N3O6S2. The van der Waals surface area contributed by atoms with Crippen LogP contribution in [-0.4, -0.2) is 53.4 Å². The Morgan fingerprint density at radius 1 is 0.892 bits per heavy atom. The summed E-state index contributed by atoms with van der Waals surface area (Å²) in [6.07, 6.45) is 0. The topological polar surface area (TPSA) is 122 Å². The van der Waals surface area contributed by atoms with Crippen LogP contribution in [0.2, 0.25) is 10.0 Å². The van der Waals surface area contributed by atoms with Gasteiger partial charge in [0.05, 0.1) is 39.6 Å². The van der Waals surface area contributed by atoms with Crippen molar-refractivity contribution in [3.63, 3.8) is 0 Å². The molecule has 1 saturated heterocycles. The van der Waals surface area contributed by atoms with Crippen LogP contribution in [0.3, 0.4) is 0 Å². The molecule has 0 unspecified atom stereocenters. The standard InChI is InChI=1S/C24H23Cl2N3O6S2/c25-21-2-1-3-22(23(21)26)28-37(33,34)20-10-8-19(9-11-20)27-24(30)18-6-4-17(5-7-18)16-36(31,32)29-12-14-35-15-13-29/h1-11,28H,12-16H2,(H,27,30). The van der Waals surface area contributed by atoms with Crippen LogP contribution in [0.15, 0.2) is 71.6 Å². The van der Waals surface area contributed by atoms with Crippen molar-refractivity contribution in [1.29, 1.82) is 0 Å². The van der Waals surface area contributed by atoms with Gasteiger partial charge in [-0.05, 0) is 54.1 Å². The van der Waals surface area contributed by atoms with Crippen LogP contribution in [-0.2, 0) is 30.5 Å². The zero-order valence-corrected chi connectivity index (χ0v) is 22.5. The number of nitrogens with zero attached hydrogens (tertiary/aromatic N) is 1. The number of nitrogens with one attached hydrogen (secondary N) is 2. The monoisotopic (exact) mass is 583 g/mol. The summed E-state index contributed by atoms with van der Waals surface area (Å²) in [5.41, 5.74) is 1.41. The van der Waals surface area contributed by atoms with Crippen molar-refractivity contribution >= 4 is 60.5 Å². The molecule has 1 aliphatic rings. The van der Waals surface area contributed by atoms with E-state index in [4.69, 9.17) is 27.9 Å². The molecule has 0 aliphatic carbocycles. The van der Waals surface area contributed by atoms with E-state index in [2.05, 4.69) is 10.0 Å². The fraction of sp³-hybridized carbons (Fsp3) is 0.208.